The molecule has 3 aromatic carbocycles. The molecule has 0 bridgehead atoms. The molecule has 4 rings (SSSR count). The second-order valence-corrected chi connectivity index (χ2v) is 8.61. The number of aliphatic imine (C=N–C) groups is 1. The number of cyclic esters (lactones) is 1. The lowest BCUT2D eigenvalue weighted by molar-refractivity contribution is -0.129. The van der Waals surface area contributed by atoms with Crippen LogP contribution in [0.25, 0.3) is 6.08 Å². The van der Waals surface area contributed by atoms with Gasteiger partial charge in [-0.2, -0.15) is 0 Å². The van der Waals surface area contributed by atoms with E-state index in [4.69, 9.17) is 9.47 Å². The van der Waals surface area contributed by atoms with E-state index in [9.17, 15) is 14.0 Å². The topological polar surface area (TPSA) is 65.0 Å². The lowest BCUT2D eigenvalue weighted by Crippen LogP contribution is -2.11. The van der Waals surface area contributed by atoms with Gasteiger partial charge in [0.1, 0.15) is 11.6 Å². The predicted molar refractivity (Wildman–Crippen MR) is 124 cm³/mol. The second-order valence-electron chi connectivity index (χ2n) is 8.61. The van der Waals surface area contributed by atoms with E-state index in [0.717, 1.165) is 5.56 Å². The normalized spacial score (nSPS) is 14.7. The van der Waals surface area contributed by atoms with Gasteiger partial charge in [0.25, 0.3) is 0 Å². The van der Waals surface area contributed by atoms with Crippen LogP contribution in [0.2, 0.25) is 0 Å². The average molecular weight is 443 g/mol. The van der Waals surface area contributed by atoms with E-state index in [1.54, 1.807) is 36.4 Å². The molecule has 1 aliphatic heterocycles. The minimum Gasteiger partial charge on any atom is -0.423 e. The number of ether oxygens (including phenoxy) is 2. The summed E-state index contributed by atoms with van der Waals surface area (Å²) in [6.07, 6.45) is 1.54. The molecule has 0 amide bonds. The second kappa shape index (κ2) is 8.82. The summed E-state index contributed by atoms with van der Waals surface area (Å²) < 4.78 is 24.4. The van der Waals surface area contributed by atoms with Gasteiger partial charge in [0, 0.05) is 5.56 Å². The fraction of sp³-hybridized carbons (Fsp3) is 0.148. The number of hydrogen-bond acceptors (Lipinski definition) is 5. The van der Waals surface area contributed by atoms with Crippen LogP contribution >= 0.6 is 0 Å². The summed E-state index contributed by atoms with van der Waals surface area (Å²) in [5.74, 6) is -1.59. The predicted octanol–water partition coefficient (Wildman–Crippen LogP) is 5.69. The molecule has 0 radical (unpaired) electrons. The van der Waals surface area contributed by atoms with Crippen molar-refractivity contribution in [3.05, 3.63) is 107 Å². The Balaban J connectivity index is 1.54. The van der Waals surface area contributed by atoms with Crippen molar-refractivity contribution < 1.29 is 23.5 Å². The van der Waals surface area contributed by atoms with Crippen LogP contribution in [-0.2, 0) is 14.9 Å². The molecule has 1 aliphatic rings. The van der Waals surface area contributed by atoms with E-state index in [0.29, 0.717) is 11.1 Å². The fourth-order valence-corrected chi connectivity index (χ4v) is 3.26. The van der Waals surface area contributed by atoms with E-state index in [1.807, 2.05) is 24.3 Å². The fourth-order valence-electron chi connectivity index (χ4n) is 3.26. The summed E-state index contributed by atoms with van der Waals surface area (Å²) in [7, 11) is 0. The Kier molecular flexibility index (Phi) is 5.92. The van der Waals surface area contributed by atoms with E-state index in [1.165, 1.54) is 18.2 Å². The molecular weight excluding hydrogens is 421 g/mol. The quantitative estimate of drug-likeness (QED) is 0.295. The van der Waals surface area contributed by atoms with Gasteiger partial charge in [-0.25, -0.2) is 19.0 Å². The maximum atomic E-state index is 13.8. The summed E-state index contributed by atoms with van der Waals surface area (Å²) in [4.78, 5) is 28.9. The number of halogens is 1. The Hall–Kier alpha value is -4.06. The highest BCUT2D eigenvalue weighted by Gasteiger charge is 2.25. The lowest BCUT2D eigenvalue weighted by Gasteiger charge is -2.18. The van der Waals surface area contributed by atoms with Crippen molar-refractivity contribution in [3.8, 4) is 5.75 Å². The Morgan fingerprint density at radius 3 is 2.42 bits per heavy atom. The molecule has 0 saturated carbocycles. The number of esters is 2. The summed E-state index contributed by atoms with van der Waals surface area (Å²) in [6, 6.07) is 19.8. The molecule has 0 aliphatic carbocycles. The van der Waals surface area contributed by atoms with Crippen LogP contribution in [0, 0.1) is 5.82 Å². The molecule has 1 heterocycles. The molecule has 0 N–H and O–H groups in total. The van der Waals surface area contributed by atoms with Crippen LogP contribution in [0.5, 0.6) is 5.75 Å². The molecule has 0 spiro atoms. The van der Waals surface area contributed by atoms with Crippen LogP contribution in [0.4, 0.5) is 4.39 Å². The van der Waals surface area contributed by atoms with Gasteiger partial charge in [-0.1, -0.05) is 57.2 Å². The maximum Gasteiger partial charge on any atom is 0.363 e. The molecule has 33 heavy (non-hydrogen) atoms. The number of hydrogen-bond donors (Lipinski definition) is 0. The highest BCUT2D eigenvalue weighted by molar-refractivity contribution is 6.12. The SMILES string of the molecule is CC(C)(C)c1ccc(C2=N/C(=C\c3cccc(OC(=O)c4ccccc4F)c3)C(=O)O2)cc1. The van der Waals surface area contributed by atoms with Gasteiger partial charge in [0.15, 0.2) is 5.70 Å². The number of carbonyl (C=O) groups excluding carboxylic acids is 2. The van der Waals surface area contributed by atoms with Gasteiger partial charge < -0.3 is 9.47 Å². The van der Waals surface area contributed by atoms with Crippen LogP contribution in [0.15, 0.2) is 83.5 Å². The third-order valence-electron chi connectivity index (χ3n) is 5.08. The summed E-state index contributed by atoms with van der Waals surface area (Å²) in [6.45, 7) is 6.37. The molecule has 166 valence electrons. The van der Waals surface area contributed by atoms with E-state index >= 15 is 0 Å². The number of carbonyl (C=O) groups is 2. The summed E-state index contributed by atoms with van der Waals surface area (Å²) >= 11 is 0. The summed E-state index contributed by atoms with van der Waals surface area (Å²) in [5.41, 5.74) is 2.42. The van der Waals surface area contributed by atoms with Crippen molar-refractivity contribution in [3.63, 3.8) is 0 Å². The van der Waals surface area contributed by atoms with Gasteiger partial charge in [-0.3, -0.25) is 0 Å². The zero-order valence-electron chi connectivity index (χ0n) is 18.5. The van der Waals surface area contributed by atoms with Crippen LogP contribution in [0.1, 0.15) is 47.8 Å². The molecule has 0 saturated heterocycles. The number of rotatable bonds is 4. The molecule has 6 heteroatoms. The third-order valence-corrected chi connectivity index (χ3v) is 5.08. The molecular formula is C27H22FNO4. The lowest BCUT2D eigenvalue weighted by atomic mass is 9.87. The van der Waals surface area contributed by atoms with Crippen molar-refractivity contribution in [2.45, 2.75) is 26.2 Å². The Labute approximate surface area is 191 Å². The molecule has 3 aromatic rings. The highest BCUT2D eigenvalue weighted by atomic mass is 19.1. The first kappa shape index (κ1) is 22.1. The van der Waals surface area contributed by atoms with Gasteiger partial charge >= 0.3 is 11.9 Å². The molecule has 5 nitrogen and oxygen atoms in total. The monoisotopic (exact) mass is 443 g/mol. The minimum absolute atomic E-state index is 0.0124. The zero-order valence-corrected chi connectivity index (χ0v) is 18.5. The molecule has 0 aromatic heterocycles. The van der Waals surface area contributed by atoms with Crippen molar-refractivity contribution in [1.82, 2.24) is 0 Å². The standard InChI is InChI=1S/C27H22FNO4/c1-27(2,3)19-13-11-18(12-14-19)24-29-23(26(31)33-24)16-17-7-6-8-20(15-17)32-25(30)21-9-4-5-10-22(21)28/h4-16H,1-3H3/b23-16-. The van der Waals surface area contributed by atoms with E-state index in [-0.39, 0.29) is 28.3 Å². The zero-order chi connectivity index (χ0) is 23.6. The van der Waals surface area contributed by atoms with Crippen molar-refractivity contribution in [2.24, 2.45) is 4.99 Å². The van der Waals surface area contributed by atoms with Crippen LogP contribution in [-0.4, -0.2) is 17.8 Å². The third kappa shape index (κ3) is 5.06. The smallest absolute Gasteiger partial charge is 0.363 e. The van der Waals surface area contributed by atoms with Crippen LogP contribution in [0.3, 0.4) is 0 Å². The number of nitrogens with zero attached hydrogens (tertiary/aromatic N) is 1. The van der Waals surface area contributed by atoms with Crippen LogP contribution < -0.4 is 4.74 Å². The van der Waals surface area contributed by atoms with Gasteiger partial charge in [0.2, 0.25) is 5.90 Å². The largest absolute Gasteiger partial charge is 0.423 e. The first-order valence-electron chi connectivity index (χ1n) is 10.4. The van der Waals surface area contributed by atoms with Gasteiger partial charge in [0.05, 0.1) is 5.56 Å². The number of benzene rings is 3. The Bertz CT molecular complexity index is 1280. The van der Waals surface area contributed by atoms with Crippen molar-refractivity contribution in [2.75, 3.05) is 0 Å². The highest BCUT2D eigenvalue weighted by Crippen LogP contribution is 2.25. The first-order valence-corrected chi connectivity index (χ1v) is 10.4. The van der Waals surface area contributed by atoms with Gasteiger partial charge in [-0.05, 0) is 59.0 Å². The van der Waals surface area contributed by atoms with Gasteiger partial charge in [-0.15, -0.1) is 0 Å². The van der Waals surface area contributed by atoms with E-state index < -0.39 is 17.8 Å². The first-order chi connectivity index (χ1) is 15.7. The van der Waals surface area contributed by atoms with E-state index in [2.05, 4.69) is 25.8 Å². The molecule has 0 unspecified atom stereocenters. The molecule has 0 fully saturated rings. The van der Waals surface area contributed by atoms with Crippen molar-refractivity contribution in [1.29, 1.82) is 0 Å². The minimum atomic E-state index is -0.808. The average Bonchev–Trinajstić information content (AvgIpc) is 3.14. The Morgan fingerprint density at radius 1 is 1.00 bits per heavy atom. The summed E-state index contributed by atoms with van der Waals surface area (Å²) in [5, 5.41) is 0. The molecule has 0 atom stereocenters. The van der Waals surface area contributed by atoms with Crippen molar-refractivity contribution >= 4 is 23.9 Å². The maximum absolute atomic E-state index is 13.8. The Morgan fingerprint density at radius 2 is 1.73 bits per heavy atom.